The minimum Gasteiger partial charge on any atom is -0.480 e. The molecule has 3 heterocycles. The Morgan fingerprint density at radius 1 is 1.17 bits per heavy atom. The summed E-state index contributed by atoms with van der Waals surface area (Å²) in [4.78, 5) is 6.65. The monoisotopic (exact) mass is 387 g/mol. The second kappa shape index (κ2) is 9.42. The molecular formula is C16H26BrN3O3. The van der Waals surface area contributed by atoms with E-state index in [-0.39, 0.29) is 0 Å². The topological polar surface area (TPSA) is 55.8 Å². The van der Waals surface area contributed by atoms with Gasteiger partial charge in [0.2, 0.25) is 5.88 Å². The zero-order valence-corrected chi connectivity index (χ0v) is 15.6. The van der Waals surface area contributed by atoms with Crippen LogP contribution in [0, 0.1) is 0 Å². The number of ether oxygens (including phenoxy) is 3. The van der Waals surface area contributed by atoms with Crippen LogP contribution in [0.25, 0.3) is 0 Å². The molecule has 0 amide bonds. The van der Waals surface area contributed by atoms with Gasteiger partial charge >= 0.3 is 0 Å². The van der Waals surface area contributed by atoms with Crippen molar-refractivity contribution in [3.63, 3.8) is 0 Å². The fourth-order valence-corrected chi connectivity index (χ4v) is 3.07. The molecule has 1 aromatic rings. The molecule has 1 aromatic heterocycles. The highest BCUT2D eigenvalue weighted by molar-refractivity contribution is 9.10. The van der Waals surface area contributed by atoms with Crippen molar-refractivity contribution in [3.05, 3.63) is 16.6 Å². The fraction of sp³-hybridized carbons (Fsp3) is 0.688. The Labute approximate surface area is 146 Å². The predicted octanol–water partition coefficient (Wildman–Crippen LogP) is 2.07. The zero-order valence-electron chi connectivity index (χ0n) is 14.0. The number of pyridine rings is 1. The quantitative estimate of drug-likeness (QED) is 0.853. The highest BCUT2D eigenvalue weighted by Crippen LogP contribution is 2.27. The van der Waals surface area contributed by atoms with Crippen LogP contribution in [-0.4, -0.2) is 64.7 Å². The van der Waals surface area contributed by atoms with E-state index in [0.29, 0.717) is 18.1 Å². The van der Waals surface area contributed by atoms with Crippen molar-refractivity contribution in [2.75, 3.05) is 52.4 Å². The zero-order chi connectivity index (χ0) is 16.7. The van der Waals surface area contributed by atoms with Gasteiger partial charge in [-0.1, -0.05) is 0 Å². The Balaban J connectivity index is 0.000000229. The van der Waals surface area contributed by atoms with E-state index >= 15 is 0 Å². The molecule has 0 aromatic carbocycles. The molecule has 0 unspecified atom stereocenters. The number of aromatic nitrogens is 1. The number of hydrogen-bond donors (Lipinski definition) is 1. The molecule has 2 atom stereocenters. The largest absolute Gasteiger partial charge is 0.480 e. The molecule has 0 aliphatic carbocycles. The summed E-state index contributed by atoms with van der Waals surface area (Å²) >= 11 is 3.39. The first-order valence-electron chi connectivity index (χ1n) is 7.89. The first-order valence-corrected chi connectivity index (χ1v) is 8.69. The Bertz CT molecular complexity index is 484. The maximum absolute atomic E-state index is 5.33. The van der Waals surface area contributed by atoms with Crippen LogP contribution in [-0.2, 0) is 9.47 Å². The van der Waals surface area contributed by atoms with Crippen LogP contribution in [0.2, 0.25) is 0 Å². The van der Waals surface area contributed by atoms with Crippen LogP contribution in [0.5, 0.6) is 5.88 Å². The molecular weight excluding hydrogens is 362 g/mol. The highest BCUT2D eigenvalue weighted by atomic mass is 79.9. The lowest BCUT2D eigenvalue weighted by Crippen LogP contribution is -2.23. The summed E-state index contributed by atoms with van der Waals surface area (Å²) in [6, 6.07) is 3.95. The smallest absolute Gasteiger partial charge is 0.229 e. The minimum absolute atomic E-state index is 0.316. The van der Waals surface area contributed by atoms with E-state index in [1.165, 1.54) is 6.42 Å². The maximum atomic E-state index is 5.33. The molecule has 0 saturated carbocycles. The van der Waals surface area contributed by atoms with Gasteiger partial charge in [0, 0.05) is 33.9 Å². The molecule has 2 aliphatic rings. The Morgan fingerprint density at radius 2 is 1.96 bits per heavy atom. The van der Waals surface area contributed by atoms with Gasteiger partial charge in [-0.25, -0.2) is 0 Å². The lowest BCUT2D eigenvalue weighted by atomic mass is 10.3. The van der Waals surface area contributed by atoms with Crippen LogP contribution in [0.4, 0.5) is 5.82 Å². The Hall–Kier alpha value is -0.890. The molecule has 0 bridgehead atoms. The van der Waals surface area contributed by atoms with Crippen LogP contribution in [0.1, 0.15) is 12.8 Å². The number of nitrogens with one attached hydrogen (secondary N) is 1. The van der Waals surface area contributed by atoms with E-state index in [9.17, 15) is 0 Å². The summed E-state index contributed by atoms with van der Waals surface area (Å²) in [7, 11) is 5.14. The van der Waals surface area contributed by atoms with Crippen molar-refractivity contribution < 1.29 is 14.2 Å². The van der Waals surface area contributed by atoms with E-state index in [1.807, 2.05) is 12.1 Å². The van der Waals surface area contributed by atoms with Gasteiger partial charge in [0.15, 0.2) is 0 Å². The van der Waals surface area contributed by atoms with Crippen LogP contribution in [0.3, 0.4) is 0 Å². The van der Waals surface area contributed by atoms with E-state index in [0.717, 1.165) is 42.9 Å². The van der Waals surface area contributed by atoms with Crippen molar-refractivity contribution in [3.8, 4) is 5.88 Å². The van der Waals surface area contributed by atoms with Crippen molar-refractivity contribution in [2.24, 2.45) is 0 Å². The Morgan fingerprint density at radius 3 is 2.48 bits per heavy atom. The molecule has 6 nitrogen and oxygen atoms in total. The summed E-state index contributed by atoms with van der Waals surface area (Å²) in [5.41, 5.74) is 0. The van der Waals surface area contributed by atoms with Gasteiger partial charge in [0.1, 0.15) is 5.82 Å². The summed E-state index contributed by atoms with van der Waals surface area (Å²) in [6.45, 7) is 4.04. The number of halogens is 1. The van der Waals surface area contributed by atoms with Gasteiger partial charge in [0.05, 0.1) is 23.8 Å². The average molecular weight is 388 g/mol. The normalized spacial score (nSPS) is 23.6. The summed E-state index contributed by atoms with van der Waals surface area (Å²) < 4.78 is 16.4. The van der Waals surface area contributed by atoms with Crippen molar-refractivity contribution in [1.82, 2.24) is 10.3 Å². The second-order valence-corrected chi connectivity index (χ2v) is 6.46. The fourth-order valence-electron chi connectivity index (χ4n) is 2.69. The van der Waals surface area contributed by atoms with E-state index < -0.39 is 0 Å². The maximum Gasteiger partial charge on any atom is 0.229 e. The third-order valence-electron chi connectivity index (χ3n) is 4.14. The van der Waals surface area contributed by atoms with E-state index in [4.69, 9.17) is 14.2 Å². The SMILES string of the molecule is CO[C@H]1CCNC1.COc1nc(N2CC[C@@H](OC)C2)ccc1Br. The lowest BCUT2D eigenvalue weighted by molar-refractivity contribution is 0.119. The van der Waals surface area contributed by atoms with Crippen molar-refractivity contribution in [2.45, 2.75) is 25.0 Å². The van der Waals surface area contributed by atoms with E-state index in [2.05, 4.69) is 31.1 Å². The van der Waals surface area contributed by atoms with Gasteiger partial charge in [-0.3, -0.25) is 0 Å². The van der Waals surface area contributed by atoms with Crippen LogP contribution < -0.4 is 15.0 Å². The first-order chi connectivity index (χ1) is 11.2. The molecule has 2 saturated heterocycles. The average Bonchev–Trinajstić information content (AvgIpc) is 3.27. The number of nitrogens with zero attached hydrogens (tertiary/aromatic N) is 2. The lowest BCUT2D eigenvalue weighted by Gasteiger charge is -2.17. The summed E-state index contributed by atoms with van der Waals surface area (Å²) in [5.74, 6) is 1.57. The van der Waals surface area contributed by atoms with Crippen molar-refractivity contribution >= 4 is 21.7 Å². The minimum atomic E-state index is 0.316. The van der Waals surface area contributed by atoms with Crippen molar-refractivity contribution in [1.29, 1.82) is 0 Å². The van der Waals surface area contributed by atoms with Gasteiger partial charge in [-0.05, 0) is 47.4 Å². The van der Waals surface area contributed by atoms with Gasteiger partial charge in [-0.15, -0.1) is 0 Å². The number of rotatable bonds is 4. The van der Waals surface area contributed by atoms with E-state index in [1.54, 1.807) is 21.3 Å². The number of methoxy groups -OCH3 is 3. The first kappa shape index (κ1) is 18.4. The number of anilines is 1. The van der Waals surface area contributed by atoms with Gasteiger partial charge in [-0.2, -0.15) is 4.98 Å². The van der Waals surface area contributed by atoms with Crippen LogP contribution in [0.15, 0.2) is 16.6 Å². The molecule has 2 fully saturated rings. The summed E-state index contributed by atoms with van der Waals surface area (Å²) in [5, 5.41) is 3.20. The summed E-state index contributed by atoms with van der Waals surface area (Å²) in [6.07, 6.45) is 3.03. The van der Waals surface area contributed by atoms with Crippen LogP contribution >= 0.6 is 15.9 Å². The predicted molar refractivity (Wildman–Crippen MR) is 94.4 cm³/mol. The standard InChI is InChI=1S/C11H15BrN2O2.C5H11NO/c1-15-8-5-6-14(7-8)10-4-3-9(12)11(13-10)16-2;1-7-5-2-3-6-4-5/h3-4,8H,5-7H2,1-2H3;5-6H,2-4H2,1H3/t8-;5-/m10/s1. The van der Waals surface area contributed by atoms with Gasteiger partial charge in [0.25, 0.3) is 0 Å². The molecule has 0 spiro atoms. The molecule has 2 aliphatic heterocycles. The molecule has 23 heavy (non-hydrogen) atoms. The third-order valence-corrected chi connectivity index (χ3v) is 4.75. The van der Waals surface area contributed by atoms with Gasteiger partial charge < -0.3 is 24.4 Å². The molecule has 1 N–H and O–H groups in total. The molecule has 0 radical (unpaired) electrons. The second-order valence-electron chi connectivity index (χ2n) is 5.60. The molecule has 130 valence electrons. The third kappa shape index (κ3) is 5.31. The number of hydrogen-bond acceptors (Lipinski definition) is 6. The highest BCUT2D eigenvalue weighted by Gasteiger charge is 2.23. The molecule has 7 heteroatoms. The molecule has 3 rings (SSSR count). The Kier molecular flexibility index (Phi) is 7.55.